The first-order valence-corrected chi connectivity index (χ1v) is 9.00. The number of amides is 1. The Morgan fingerprint density at radius 3 is 2.30 bits per heavy atom. The van der Waals surface area contributed by atoms with E-state index in [-0.39, 0.29) is 24.3 Å². The summed E-state index contributed by atoms with van der Waals surface area (Å²) in [5.41, 5.74) is 3.33. The Bertz CT molecular complexity index is 881. The second kappa shape index (κ2) is 9.10. The number of halogens is 1. The minimum atomic E-state index is -0.327. The summed E-state index contributed by atoms with van der Waals surface area (Å²) in [7, 11) is 0. The van der Waals surface area contributed by atoms with Gasteiger partial charge in [-0.15, -0.1) is 0 Å². The van der Waals surface area contributed by atoms with Crippen LogP contribution in [0.4, 0.5) is 10.1 Å². The molecule has 0 aliphatic rings. The Labute approximate surface area is 159 Å². The molecule has 138 valence electrons. The zero-order valence-corrected chi connectivity index (χ0v) is 15.3. The first-order valence-electron chi connectivity index (χ1n) is 9.00. The third-order valence-electron chi connectivity index (χ3n) is 4.45. The monoisotopic (exact) mass is 362 g/mol. The molecule has 2 N–H and O–H groups in total. The molecule has 3 aromatic rings. The third-order valence-corrected chi connectivity index (χ3v) is 4.45. The zero-order valence-electron chi connectivity index (χ0n) is 15.3. The van der Waals surface area contributed by atoms with Crippen LogP contribution >= 0.6 is 0 Å². The van der Waals surface area contributed by atoms with Crippen molar-refractivity contribution < 1.29 is 9.18 Å². The van der Waals surface area contributed by atoms with Gasteiger partial charge in [-0.25, -0.2) is 4.39 Å². The lowest BCUT2D eigenvalue weighted by atomic mass is 9.99. The molecule has 0 bridgehead atoms. The van der Waals surface area contributed by atoms with E-state index in [0.29, 0.717) is 11.3 Å². The average molecular weight is 362 g/mol. The summed E-state index contributed by atoms with van der Waals surface area (Å²) in [6.07, 6.45) is 0.775. The van der Waals surface area contributed by atoms with Crippen LogP contribution in [0.2, 0.25) is 0 Å². The number of carbonyl (C=O) groups excluding carboxylic acids is 1. The molecule has 0 aliphatic heterocycles. The van der Waals surface area contributed by atoms with Gasteiger partial charge in [0.15, 0.2) is 0 Å². The summed E-state index contributed by atoms with van der Waals surface area (Å²) in [6.45, 7) is 1.83. The van der Waals surface area contributed by atoms with Gasteiger partial charge in [-0.05, 0) is 42.2 Å². The molecular formula is C23H23FN2O. The zero-order chi connectivity index (χ0) is 19.1. The fraction of sp³-hybridized carbons (Fsp3) is 0.174. The van der Waals surface area contributed by atoms with Crippen LogP contribution in [0.15, 0.2) is 78.9 Å². The molecule has 0 spiro atoms. The molecule has 1 unspecified atom stereocenters. The number of hydrogen-bond donors (Lipinski definition) is 2. The van der Waals surface area contributed by atoms with Crippen molar-refractivity contribution in [1.82, 2.24) is 5.32 Å². The number of benzene rings is 3. The van der Waals surface area contributed by atoms with Crippen molar-refractivity contribution in [2.45, 2.75) is 19.4 Å². The van der Waals surface area contributed by atoms with Crippen molar-refractivity contribution in [3.63, 3.8) is 0 Å². The van der Waals surface area contributed by atoms with E-state index in [4.69, 9.17) is 0 Å². The number of aryl methyl sites for hydroxylation is 1. The maximum atomic E-state index is 13.6. The third kappa shape index (κ3) is 5.50. The Balaban J connectivity index is 1.65. The van der Waals surface area contributed by atoms with Crippen LogP contribution in [0.3, 0.4) is 0 Å². The number of rotatable bonds is 7. The molecule has 3 rings (SSSR count). The fourth-order valence-electron chi connectivity index (χ4n) is 2.93. The van der Waals surface area contributed by atoms with Gasteiger partial charge in [-0.3, -0.25) is 4.79 Å². The number of anilines is 1. The molecule has 0 radical (unpaired) electrons. The van der Waals surface area contributed by atoms with E-state index in [0.717, 1.165) is 12.0 Å². The topological polar surface area (TPSA) is 41.1 Å². The van der Waals surface area contributed by atoms with E-state index in [9.17, 15) is 9.18 Å². The summed E-state index contributed by atoms with van der Waals surface area (Å²) in [4.78, 5) is 12.3. The highest BCUT2D eigenvalue weighted by Crippen LogP contribution is 2.18. The molecule has 0 fully saturated rings. The maximum Gasteiger partial charge on any atom is 0.238 e. The van der Waals surface area contributed by atoms with Crippen LogP contribution in [-0.4, -0.2) is 12.5 Å². The predicted octanol–water partition coefficient (Wildman–Crippen LogP) is 4.65. The molecular weight excluding hydrogens is 339 g/mol. The molecule has 0 saturated heterocycles. The molecule has 27 heavy (non-hydrogen) atoms. The van der Waals surface area contributed by atoms with Crippen LogP contribution < -0.4 is 10.6 Å². The molecule has 3 aromatic carbocycles. The van der Waals surface area contributed by atoms with Gasteiger partial charge in [0.1, 0.15) is 5.82 Å². The van der Waals surface area contributed by atoms with E-state index in [1.165, 1.54) is 11.6 Å². The molecule has 0 heterocycles. The van der Waals surface area contributed by atoms with Crippen LogP contribution in [-0.2, 0) is 11.2 Å². The van der Waals surface area contributed by atoms with Gasteiger partial charge in [-0.2, -0.15) is 0 Å². The van der Waals surface area contributed by atoms with Crippen LogP contribution in [0.1, 0.15) is 22.7 Å². The van der Waals surface area contributed by atoms with E-state index in [1.54, 1.807) is 19.1 Å². The number of hydrogen-bond acceptors (Lipinski definition) is 2. The minimum Gasteiger partial charge on any atom is -0.325 e. The van der Waals surface area contributed by atoms with Gasteiger partial charge in [-0.1, -0.05) is 66.7 Å². The van der Waals surface area contributed by atoms with Gasteiger partial charge < -0.3 is 10.6 Å². The first-order chi connectivity index (χ1) is 13.1. The normalized spacial score (nSPS) is 11.8. The minimum absolute atomic E-state index is 0.00843. The molecule has 1 amide bonds. The quantitative estimate of drug-likeness (QED) is 0.642. The summed E-state index contributed by atoms with van der Waals surface area (Å²) >= 11 is 0. The van der Waals surface area contributed by atoms with Crippen molar-refractivity contribution >= 4 is 11.6 Å². The van der Waals surface area contributed by atoms with E-state index >= 15 is 0 Å². The average Bonchev–Trinajstić information content (AvgIpc) is 2.69. The van der Waals surface area contributed by atoms with Crippen molar-refractivity contribution in [2.75, 3.05) is 11.9 Å². The molecule has 3 nitrogen and oxygen atoms in total. The highest BCUT2D eigenvalue weighted by molar-refractivity contribution is 5.92. The van der Waals surface area contributed by atoms with Gasteiger partial charge in [0.2, 0.25) is 5.91 Å². The van der Waals surface area contributed by atoms with Crippen LogP contribution in [0.5, 0.6) is 0 Å². The Morgan fingerprint density at radius 1 is 0.963 bits per heavy atom. The van der Waals surface area contributed by atoms with Crippen LogP contribution in [0, 0.1) is 12.7 Å². The van der Waals surface area contributed by atoms with Crippen molar-refractivity contribution in [3.05, 3.63) is 101 Å². The SMILES string of the molecule is Cc1ccc(NC(=O)CNC(Cc2ccccc2)c2ccccc2)cc1F. The summed E-state index contributed by atoms with van der Waals surface area (Å²) in [6, 6.07) is 24.9. The van der Waals surface area contributed by atoms with Gasteiger partial charge >= 0.3 is 0 Å². The van der Waals surface area contributed by atoms with E-state index < -0.39 is 0 Å². The lowest BCUT2D eigenvalue weighted by Crippen LogP contribution is -2.32. The standard InChI is InChI=1S/C23H23FN2O/c1-17-12-13-20(15-21(17)24)26-23(27)16-25-22(19-10-6-3-7-11-19)14-18-8-4-2-5-9-18/h2-13,15,22,25H,14,16H2,1H3,(H,26,27). The van der Waals surface area contributed by atoms with Gasteiger partial charge in [0, 0.05) is 11.7 Å². The fourth-order valence-corrected chi connectivity index (χ4v) is 2.93. The largest absolute Gasteiger partial charge is 0.325 e. The number of nitrogens with one attached hydrogen (secondary N) is 2. The Morgan fingerprint density at radius 2 is 1.63 bits per heavy atom. The smallest absolute Gasteiger partial charge is 0.238 e. The summed E-state index contributed by atoms with van der Waals surface area (Å²) in [5.74, 6) is -0.528. The van der Waals surface area contributed by atoms with Crippen molar-refractivity contribution in [3.8, 4) is 0 Å². The highest BCUT2D eigenvalue weighted by Gasteiger charge is 2.14. The lowest BCUT2D eigenvalue weighted by Gasteiger charge is -2.19. The first kappa shape index (κ1) is 18.8. The molecule has 1 atom stereocenters. The van der Waals surface area contributed by atoms with Gasteiger partial charge in [0.05, 0.1) is 6.54 Å². The second-order valence-corrected chi connectivity index (χ2v) is 6.55. The van der Waals surface area contributed by atoms with E-state index in [2.05, 4.69) is 22.8 Å². The number of carbonyl (C=O) groups is 1. The van der Waals surface area contributed by atoms with Crippen LogP contribution in [0.25, 0.3) is 0 Å². The maximum absolute atomic E-state index is 13.6. The van der Waals surface area contributed by atoms with Crippen molar-refractivity contribution in [1.29, 1.82) is 0 Å². The predicted molar refractivity (Wildman–Crippen MR) is 107 cm³/mol. The van der Waals surface area contributed by atoms with E-state index in [1.807, 2.05) is 48.5 Å². The lowest BCUT2D eigenvalue weighted by molar-refractivity contribution is -0.115. The molecule has 0 aliphatic carbocycles. The summed E-state index contributed by atoms with van der Waals surface area (Å²) < 4.78 is 13.6. The molecule has 0 aromatic heterocycles. The summed E-state index contributed by atoms with van der Waals surface area (Å²) in [5, 5.41) is 6.06. The van der Waals surface area contributed by atoms with Gasteiger partial charge in [0.25, 0.3) is 0 Å². The second-order valence-electron chi connectivity index (χ2n) is 6.55. The molecule has 0 saturated carbocycles. The molecule has 4 heteroatoms. The Kier molecular flexibility index (Phi) is 6.34. The highest BCUT2D eigenvalue weighted by atomic mass is 19.1. The Hall–Kier alpha value is -2.98. The van der Waals surface area contributed by atoms with Crippen molar-refractivity contribution in [2.24, 2.45) is 0 Å².